The minimum Gasteiger partial charge on any atom is -0.394 e. The molecule has 6 unspecified atom stereocenters. The first-order chi connectivity index (χ1) is 20.1. The summed E-state index contributed by atoms with van der Waals surface area (Å²) >= 11 is 0. The van der Waals surface area contributed by atoms with Crippen LogP contribution in [0.4, 0.5) is 0 Å². The summed E-state index contributed by atoms with van der Waals surface area (Å²) in [4.78, 5) is 9.38. The van der Waals surface area contributed by atoms with E-state index in [1.54, 1.807) is 11.9 Å². The van der Waals surface area contributed by atoms with Gasteiger partial charge in [-0.1, -0.05) is 6.92 Å². The van der Waals surface area contributed by atoms with Crippen LogP contribution in [0, 0.1) is 0 Å². The highest BCUT2D eigenvalue weighted by molar-refractivity contribution is 5.76. The van der Waals surface area contributed by atoms with Gasteiger partial charge in [-0.2, -0.15) is 0 Å². The van der Waals surface area contributed by atoms with E-state index >= 15 is 0 Å². The molecule has 0 aromatic rings. The Labute approximate surface area is 248 Å². The molecule has 2 aliphatic heterocycles. The molecule has 3 aliphatic rings. The number of rotatable bonds is 11. The maximum atomic E-state index is 11.5. The van der Waals surface area contributed by atoms with E-state index in [-0.39, 0.29) is 0 Å². The predicted octanol–water partition coefficient (Wildman–Crippen LogP) is -7.25. The molecule has 3 rings (SSSR count). The van der Waals surface area contributed by atoms with Gasteiger partial charge in [-0.15, -0.1) is 0 Å². The average molecular weight is 626 g/mol. The largest absolute Gasteiger partial charge is 0.394 e. The number of hydrogen-bond donors (Lipinski definition) is 12. The van der Waals surface area contributed by atoms with Crippen LogP contribution in [-0.4, -0.2) is 176 Å². The summed E-state index contributed by atoms with van der Waals surface area (Å²) in [5, 5.41) is 85.7. The first-order valence-corrected chi connectivity index (χ1v) is 14.0. The maximum absolute atomic E-state index is 11.5. The molecule has 250 valence electrons. The molecule has 0 aromatic heterocycles. The van der Waals surface area contributed by atoms with Crippen molar-refractivity contribution < 1.29 is 59.8 Å². The topological polar surface area (TPSA) is 331 Å². The molecule has 1 aliphatic carbocycles. The lowest BCUT2D eigenvalue weighted by Crippen LogP contribution is -2.67. The number of aliphatic hydroxyl groups excluding tert-OH is 7. The van der Waals surface area contributed by atoms with Gasteiger partial charge >= 0.3 is 0 Å². The molecule has 19 nitrogen and oxygen atoms in total. The van der Waals surface area contributed by atoms with E-state index in [0.717, 1.165) is 0 Å². The van der Waals surface area contributed by atoms with Crippen LogP contribution in [0.2, 0.25) is 0 Å². The number of ether oxygens (including phenoxy) is 4. The van der Waals surface area contributed by atoms with Crippen LogP contribution in [0.5, 0.6) is 0 Å². The van der Waals surface area contributed by atoms with Crippen LogP contribution in [0.25, 0.3) is 0 Å². The van der Waals surface area contributed by atoms with Crippen molar-refractivity contribution in [1.82, 2.24) is 4.90 Å². The van der Waals surface area contributed by atoms with Gasteiger partial charge in [-0.25, -0.2) is 9.98 Å². The van der Waals surface area contributed by atoms with Gasteiger partial charge in [0.15, 0.2) is 24.5 Å². The van der Waals surface area contributed by atoms with Crippen molar-refractivity contribution in [2.75, 3.05) is 26.8 Å². The van der Waals surface area contributed by atoms with Crippen LogP contribution in [0.3, 0.4) is 0 Å². The lowest BCUT2D eigenvalue weighted by Gasteiger charge is -2.48. The van der Waals surface area contributed by atoms with Crippen LogP contribution >= 0.6 is 0 Å². The van der Waals surface area contributed by atoms with Gasteiger partial charge in [-0.3, -0.25) is 4.90 Å². The monoisotopic (exact) mass is 625 g/mol. The summed E-state index contributed by atoms with van der Waals surface area (Å²) in [6.45, 7) is 2.16. The van der Waals surface area contributed by atoms with Crippen LogP contribution < -0.4 is 22.9 Å². The highest BCUT2D eigenvalue weighted by atomic mass is 16.8. The SMILES string of the molecule is CCCN(C)C1[C@H](OC2[C@H](O[C@@H]3C(O)[C@H](O)C(N=C(N)N)C(O)[C@@H]3N=C(N)N)O[C@H](C)[C@@]2(O)CO)OC(CO)[C@H](O)[C@@H]1O. The number of hydrogen-bond acceptors (Lipinski definition) is 15. The van der Waals surface area contributed by atoms with Crippen molar-refractivity contribution in [3.05, 3.63) is 0 Å². The molecule has 2 saturated heterocycles. The first-order valence-electron chi connectivity index (χ1n) is 14.0. The summed E-state index contributed by atoms with van der Waals surface area (Å²) in [5.41, 5.74) is 19.8. The Kier molecular flexibility index (Phi) is 11.9. The Balaban J connectivity index is 2.00. The highest BCUT2D eigenvalue weighted by Gasteiger charge is 2.60. The van der Waals surface area contributed by atoms with Gasteiger partial charge in [0.1, 0.15) is 66.5 Å². The fourth-order valence-electron chi connectivity index (χ4n) is 5.82. The number of guanidine groups is 2. The van der Waals surface area contributed by atoms with Crippen LogP contribution in [-0.2, 0) is 18.9 Å². The molecular weight excluding hydrogens is 578 g/mol. The zero-order chi connectivity index (χ0) is 32.4. The zero-order valence-corrected chi connectivity index (χ0v) is 24.3. The predicted molar refractivity (Wildman–Crippen MR) is 148 cm³/mol. The third-order valence-corrected chi connectivity index (χ3v) is 8.21. The fourth-order valence-corrected chi connectivity index (χ4v) is 5.82. The minimum atomic E-state index is -2.15. The van der Waals surface area contributed by atoms with Crippen molar-refractivity contribution >= 4 is 11.9 Å². The van der Waals surface area contributed by atoms with Crippen molar-refractivity contribution in [1.29, 1.82) is 0 Å². The number of aliphatic imine (C=N–C) groups is 2. The van der Waals surface area contributed by atoms with Gasteiger partial charge in [0.05, 0.1) is 25.4 Å². The third kappa shape index (κ3) is 7.14. The first kappa shape index (κ1) is 35.5. The molecule has 16 N–H and O–H groups in total. The zero-order valence-electron chi connectivity index (χ0n) is 24.3. The van der Waals surface area contributed by atoms with Gasteiger partial charge in [0, 0.05) is 0 Å². The van der Waals surface area contributed by atoms with Crippen molar-refractivity contribution in [2.45, 2.75) is 112 Å². The number of nitrogens with zero attached hydrogens (tertiary/aromatic N) is 3. The Morgan fingerprint density at radius 3 is 1.98 bits per heavy atom. The van der Waals surface area contributed by atoms with Gasteiger partial charge < -0.3 is 82.7 Å². The summed E-state index contributed by atoms with van der Waals surface area (Å²) in [7, 11) is 1.65. The quantitative estimate of drug-likeness (QED) is 0.0749. The second-order valence-corrected chi connectivity index (χ2v) is 11.2. The molecule has 2 heterocycles. The molecule has 1 saturated carbocycles. The molecule has 0 aromatic carbocycles. The maximum Gasteiger partial charge on any atom is 0.187 e. The average Bonchev–Trinajstić information content (AvgIpc) is 3.17. The fraction of sp³-hybridized carbons (Fsp3) is 0.917. The smallest absolute Gasteiger partial charge is 0.187 e. The highest BCUT2D eigenvalue weighted by Crippen LogP contribution is 2.39. The molecule has 3 fully saturated rings. The second kappa shape index (κ2) is 14.4. The van der Waals surface area contributed by atoms with E-state index in [1.807, 2.05) is 6.92 Å². The van der Waals surface area contributed by atoms with Crippen LogP contribution in [0.1, 0.15) is 20.3 Å². The second-order valence-electron chi connectivity index (χ2n) is 11.2. The molecule has 0 radical (unpaired) electrons. The Morgan fingerprint density at radius 2 is 1.44 bits per heavy atom. The van der Waals surface area contributed by atoms with E-state index in [4.69, 9.17) is 41.9 Å². The lowest BCUT2D eigenvalue weighted by molar-refractivity contribution is -0.327. The Morgan fingerprint density at radius 1 is 0.837 bits per heavy atom. The third-order valence-electron chi connectivity index (χ3n) is 8.21. The van der Waals surface area contributed by atoms with Crippen molar-refractivity contribution in [3.63, 3.8) is 0 Å². The Hall–Kier alpha value is -1.98. The van der Waals surface area contributed by atoms with Gasteiger partial charge in [-0.05, 0) is 26.9 Å². The van der Waals surface area contributed by atoms with E-state index < -0.39 is 116 Å². The van der Waals surface area contributed by atoms with Gasteiger partial charge in [0.25, 0.3) is 0 Å². The molecule has 0 bridgehead atoms. The van der Waals surface area contributed by atoms with Crippen molar-refractivity contribution in [2.24, 2.45) is 32.9 Å². The normalized spacial score (nSPS) is 45.2. The number of aliphatic hydroxyl groups is 8. The molecule has 19 heteroatoms. The summed E-state index contributed by atoms with van der Waals surface area (Å²) < 4.78 is 23.7. The summed E-state index contributed by atoms with van der Waals surface area (Å²) in [6.07, 6.45) is -16.2. The molecule has 15 atom stereocenters. The summed E-state index contributed by atoms with van der Waals surface area (Å²) in [5.74, 6) is -0.999. The summed E-state index contributed by atoms with van der Waals surface area (Å²) in [6, 6.07) is -3.94. The molecule has 43 heavy (non-hydrogen) atoms. The van der Waals surface area contributed by atoms with Gasteiger partial charge in [0.2, 0.25) is 0 Å². The van der Waals surface area contributed by atoms with E-state index in [9.17, 15) is 40.9 Å². The molecule has 0 spiro atoms. The van der Waals surface area contributed by atoms with E-state index in [1.165, 1.54) is 6.92 Å². The van der Waals surface area contributed by atoms with Crippen molar-refractivity contribution in [3.8, 4) is 0 Å². The minimum absolute atomic E-state index is 0.435. The molecular formula is C24H47N7O12. The van der Waals surface area contributed by atoms with E-state index in [2.05, 4.69) is 9.98 Å². The molecule has 0 amide bonds. The lowest BCUT2D eigenvalue weighted by atomic mass is 9.81. The van der Waals surface area contributed by atoms with E-state index in [0.29, 0.717) is 13.0 Å². The number of nitrogens with two attached hydrogens (primary N) is 4. The number of likely N-dealkylation sites (N-methyl/N-ethyl adjacent to an activating group) is 1. The van der Waals surface area contributed by atoms with Crippen LogP contribution in [0.15, 0.2) is 9.98 Å². The Bertz CT molecular complexity index is 975. The standard InChI is InChI=1S/C24H47N7O12/c1-4-5-31(3)12-16(37)13(34)9(6-32)41-20(12)43-19-21(40-8(2)24(19,39)7-33)42-18-11(30-23(27)28)14(35)10(29-22(25)26)15(36)17(18)38/h8-21,32-39H,4-7H2,1-3H3,(H4,25,26,29)(H4,27,28,30)/t8-,9?,10?,11+,12?,13+,14?,15-,16-,17?,18+,19?,20+,21+,24+/m1/s1.